The molecule has 2 heterocycles. The summed E-state index contributed by atoms with van der Waals surface area (Å²) in [6, 6.07) is 13.9. The van der Waals surface area contributed by atoms with Gasteiger partial charge in [-0.1, -0.05) is 15.9 Å². The van der Waals surface area contributed by atoms with Gasteiger partial charge in [-0.15, -0.1) is 0 Å². The maximum atomic E-state index is 9.38. The Hall–Kier alpha value is -2.53. The first kappa shape index (κ1) is 17.9. The van der Waals surface area contributed by atoms with Gasteiger partial charge in [-0.3, -0.25) is 4.90 Å². The number of rotatable bonds is 4. The highest BCUT2D eigenvalue weighted by Crippen LogP contribution is 2.22. The smallest absolute Gasteiger partial charge is 0.227 e. The van der Waals surface area contributed by atoms with Crippen molar-refractivity contribution in [2.75, 3.05) is 31.6 Å². The number of hydrogen-bond donors (Lipinski definition) is 1. The van der Waals surface area contributed by atoms with E-state index in [0.29, 0.717) is 11.5 Å². The van der Waals surface area contributed by atoms with Gasteiger partial charge in [-0.05, 0) is 42.0 Å². The third kappa shape index (κ3) is 4.42. The minimum absolute atomic E-state index is 0.511. The summed E-state index contributed by atoms with van der Waals surface area (Å²) in [6.45, 7) is 4.11. The van der Waals surface area contributed by atoms with Crippen LogP contribution in [0.2, 0.25) is 0 Å². The SMILES string of the molecule is N#Cc1cc(CN2CCOCC2)cc(Nc2ncc3cc(Br)ccc3n2)c1. The highest BCUT2D eigenvalue weighted by atomic mass is 79.9. The first-order chi connectivity index (χ1) is 13.2. The Morgan fingerprint density at radius 1 is 1.19 bits per heavy atom. The molecule has 0 spiro atoms. The lowest BCUT2D eigenvalue weighted by atomic mass is 10.1. The van der Waals surface area contributed by atoms with Crippen molar-refractivity contribution in [2.45, 2.75) is 6.54 Å². The number of nitrogens with one attached hydrogen (secondary N) is 1. The second-order valence-corrected chi connectivity index (χ2v) is 7.36. The summed E-state index contributed by atoms with van der Waals surface area (Å²) in [5, 5.41) is 13.6. The van der Waals surface area contributed by atoms with E-state index in [1.54, 1.807) is 6.20 Å². The van der Waals surface area contributed by atoms with Crippen LogP contribution >= 0.6 is 15.9 Å². The number of aromatic nitrogens is 2. The van der Waals surface area contributed by atoms with Crippen LogP contribution in [-0.2, 0) is 11.3 Å². The van der Waals surface area contributed by atoms with E-state index in [9.17, 15) is 5.26 Å². The number of ether oxygens (including phenoxy) is 1. The molecular formula is C20H18BrN5O. The van der Waals surface area contributed by atoms with Gasteiger partial charge < -0.3 is 10.1 Å². The highest BCUT2D eigenvalue weighted by molar-refractivity contribution is 9.10. The summed E-state index contributed by atoms with van der Waals surface area (Å²) in [4.78, 5) is 11.3. The lowest BCUT2D eigenvalue weighted by Gasteiger charge is -2.26. The molecule has 1 aromatic heterocycles. The highest BCUT2D eigenvalue weighted by Gasteiger charge is 2.12. The molecule has 2 aromatic carbocycles. The normalized spacial score (nSPS) is 14.8. The van der Waals surface area contributed by atoms with E-state index < -0.39 is 0 Å². The fourth-order valence-electron chi connectivity index (χ4n) is 3.13. The summed E-state index contributed by atoms with van der Waals surface area (Å²) < 4.78 is 6.40. The van der Waals surface area contributed by atoms with Gasteiger partial charge in [0, 0.05) is 41.4 Å². The number of nitriles is 1. The van der Waals surface area contributed by atoms with Gasteiger partial charge in [0.2, 0.25) is 5.95 Å². The minimum atomic E-state index is 0.511. The van der Waals surface area contributed by atoms with Gasteiger partial charge in [0.15, 0.2) is 0 Å². The van der Waals surface area contributed by atoms with Crippen LogP contribution in [0, 0.1) is 11.3 Å². The molecule has 136 valence electrons. The molecular weight excluding hydrogens is 406 g/mol. The standard InChI is InChI=1S/C20H18BrN5O/c21-17-1-2-19-16(10-17)12-23-20(25-19)24-18-8-14(11-22)7-15(9-18)13-26-3-5-27-6-4-26/h1-2,7-10,12H,3-6,13H2,(H,23,24,25). The number of fused-ring (bicyclic) bond motifs is 1. The molecule has 0 unspecified atom stereocenters. The Labute approximate surface area is 165 Å². The van der Waals surface area contributed by atoms with Gasteiger partial charge in [0.25, 0.3) is 0 Å². The van der Waals surface area contributed by atoms with Crippen LogP contribution in [0.1, 0.15) is 11.1 Å². The van der Waals surface area contributed by atoms with Gasteiger partial charge in [-0.2, -0.15) is 5.26 Å². The number of morpholine rings is 1. The molecule has 1 aliphatic rings. The summed E-state index contributed by atoms with van der Waals surface area (Å²) in [7, 11) is 0. The van der Waals surface area contributed by atoms with Crippen LogP contribution in [0.15, 0.2) is 47.1 Å². The predicted octanol–water partition coefficient (Wildman–Crippen LogP) is 3.84. The maximum Gasteiger partial charge on any atom is 0.227 e. The minimum Gasteiger partial charge on any atom is -0.379 e. The molecule has 0 atom stereocenters. The van der Waals surface area contributed by atoms with Crippen molar-refractivity contribution in [3.63, 3.8) is 0 Å². The summed E-state index contributed by atoms with van der Waals surface area (Å²) in [5.41, 5.74) is 3.38. The zero-order valence-corrected chi connectivity index (χ0v) is 16.2. The number of benzene rings is 2. The summed E-state index contributed by atoms with van der Waals surface area (Å²) in [6.07, 6.45) is 1.79. The molecule has 7 heteroatoms. The molecule has 0 aliphatic carbocycles. The van der Waals surface area contributed by atoms with Crippen LogP contribution < -0.4 is 5.32 Å². The fraction of sp³-hybridized carbons (Fsp3) is 0.250. The van der Waals surface area contributed by atoms with Crippen molar-refractivity contribution in [1.29, 1.82) is 5.26 Å². The zero-order valence-electron chi connectivity index (χ0n) is 14.7. The van der Waals surface area contributed by atoms with Crippen molar-refractivity contribution in [1.82, 2.24) is 14.9 Å². The van der Waals surface area contributed by atoms with Crippen LogP contribution in [0.5, 0.6) is 0 Å². The molecule has 27 heavy (non-hydrogen) atoms. The average Bonchev–Trinajstić information content (AvgIpc) is 2.68. The first-order valence-corrected chi connectivity index (χ1v) is 9.52. The van der Waals surface area contributed by atoms with E-state index in [2.05, 4.69) is 42.2 Å². The van der Waals surface area contributed by atoms with Crippen molar-refractivity contribution >= 4 is 38.5 Å². The number of anilines is 2. The first-order valence-electron chi connectivity index (χ1n) is 8.73. The van der Waals surface area contributed by atoms with Crippen molar-refractivity contribution in [3.8, 4) is 6.07 Å². The second-order valence-electron chi connectivity index (χ2n) is 6.44. The molecule has 4 rings (SSSR count). The van der Waals surface area contributed by atoms with E-state index in [0.717, 1.165) is 59.5 Å². The zero-order chi connectivity index (χ0) is 18.6. The molecule has 1 aliphatic heterocycles. The summed E-state index contributed by atoms with van der Waals surface area (Å²) >= 11 is 3.46. The van der Waals surface area contributed by atoms with Crippen molar-refractivity contribution < 1.29 is 4.74 Å². The average molecular weight is 424 g/mol. The molecule has 3 aromatic rings. The molecule has 1 saturated heterocycles. The predicted molar refractivity (Wildman–Crippen MR) is 108 cm³/mol. The van der Waals surface area contributed by atoms with Gasteiger partial charge in [0.1, 0.15) is 0 Å². The Bertz CT molecular complexity index is 1010. The van der Waals surface area contributed by atoms with E-state index in [-0.39, 0.29) is 0 Å². The van der Waals surface area contributed by atoms with Gasteiger partial charge in [0.05, 0.1) is 30.4 Å². The Kier molecular flexibility index (Phi) is 5.30. The van der Waals surface area contributed by atoms with Crippen LogP contribution in [0.25, 0.3) is 10.9 Å². The van der Waals surface area contributed by atoms with Crippen LogP contribution in [0.3, 0.4) is 0 Å². The van der Waals surface area contributed by atoms with Gasteiger partial charge in [-0.25, -0.2) is 9.97 Å². The number of hydrogen-bond acceptors (Lipinski definition) is 6. The third-order valence-corrected chi connectivity index (χ3v) is 4.92. The number of nitrogens with zero attached hydrogens (tertiary/aromatic N) is 4. The lowest BCUT2D eigenvalue weighted by molar-refractivity contribution is 0.0342. The molecule has 0 saturated carbocycles. The quantitative estimate of drug-likeness (QED) is 0.686. The Morgan fingerprint density at radius 3 is 2.85 bits per heavy atom. The molecule has 0 bridgehead atoms. The van der Waals surface area contributed by atoms with Gasteiger partial charge >= 0.3 is 0 Å². The topological polar surface area (TPSA) is 74.1 Å². The van der Waals surface area contributed by atoms with E-state index in [1.165, 1.54) is 0 Å². The van der Waals surface area contributed by atoms with Crippen LogP contribution in [0.4, 0.5) is 11.6 Å². The molecule has 6 nitrogen and oxygen atoms in total. The molecule has 1 N–H and O–H groups in total. The Balaban J connectivity index is 1.58. The lowest BCUT2D eigenvalue weighted by Crippen LogP contribution is -2.35. The number of halogens is 1. The van der Waals surface area contributed by atoms with Crippen molar-refractivity contribution in [2.24, 2.45) is 0 Å². The monoisotopic (exact) mass is 423 g/mol. The molecule has 0 radical (unpaired) electrons. The van der Waals surface area contributed by atoms with Crippen molar-refractivity contribution in [3.05, 3.63) is 58.2 Å². The second kappa shape index (κ2) is 8.01. The largest absolute Gasteiger partial charge is 0.379 e. The third-order valence-electron chi connectivity index (χ3n) is 4.43. The molecule has 1 fully saturated rings. The summed E-state index contributed by atoms with van der Waals surface area (Å²) in [5.74, 6) is 0.511. The van der Waals surface area contributed by atoms with E-state index in [1.807, 2.05) is 36.4 Å². The molecule has 0 amide bonds. The van der Waals surface area contributed by atoms with Crippen LogP contribution in [-0.4, -0.2) is 41.2 Å². The van der Waals surface area contributed by atoms with E-state index in [4.69, 9.17) is 4.74 Å². The maximum absolute atomic E-state index is 9.38. The fourth-order valence-corrected chi connectivity index (χ4v) is 3.51. The Morgan fingerprint density at radius 2 is 2.04 bits per heavy atom. The van der Waals surface area contributed by atoms with E-state index >= 15 is 0 Å².